The minimum atomic E-state index is -0.107. The first kappa shape index (κ1) is 10.9. The molecular formula is C12H17N3O. The van der Waals surface area contributed by atoms with Gasteiger partial charge in [0.15, 0.2) is 0 Å². The summed E-state index contributed by atoms with van der Waals surface area (Å²) in [4.78, 5) is 15.8. The molecule has 0 aliphatic heterocycles. The number of anilines is 1. The fraction of sp³-hybridized carbons (Fsp3) is 0.500. The Morgan fingerprint density at radius 3 is 3.00 bits per heavy atom. The summed E-state index contributed by atoms with van der Waals surface area (Å²) in [5.41, 5.74) is 6.68. The molecule has 86 valence electrons. The Balaban J connectivity index is 2.01. The fourth-order valence-electron chi connectivity index (χ4n) is 2.20. The van der Waals surface area contributed by atoms with Crippen LogP contribution in [0.2, 0.25) is 0 Å². The van der Waals surface area contributed by atoms with Gasteiger partial charge in [-0.05, 0) is 31.2 Å². The summed E-state index contributed by atoms with van der Waals surface area (Å²) in [6.07, 6.45) is 6.42. The number of nitrogens with two attached hydrogens (primary N) is 1. The molecule has 1 aliphatic rings. The summed E-state index contributed by atoms with van der Waals surface area (Å²) in [5.74, 6) is 0.598. The van der Waals surface area contributed by atoms with Crippen molar-refractivity contribution >= 4 is 11.6 Å². The van der Waals surface area contributed by atoms with E-state index in [9.17, 15) is 4.79 Å². The Hall–Kier alpha value is -1.58. The highest BCUT2D eigenvalue weighted by molar-refractivity contribution is 5.98. The predicted octanol–water partition coefficient (Wildman–Crippen LogP) is 1.58. The molecule has 2 rings (SSSR count). The Labute approximate surface area is 95.3 Å². The lowest BCUT2D eigenvalue weighted by Gasteiger charge is -2.13. The minimum Gasteiger partial charge on any atom is -0.398 e. The van der Waals surface area contributed by atoms with E-state index in [1.165, 1.54) is 12.6 Å². The van der Waals surface area contributed by atoms with Gasteiger partial charge in [-0.1, -0.05) is 6.92 Å². The van der Waals surface area contributed by atoms with Crippen molar-refractivity contribution < 1.29 is 4.79 Å². The summed E-state index contributed by atoms with van der Waals surface area (Å²) in [5, 5.41) is 3.01. The van der Waals surface area contributed by atoms with Gasteiger partial charge in [0.05, 0.1) is 5.56 Å². The van der Waals surface area contributed by atoms with Gasteiger partial charge < -0.3 is 11.1 Å². The van der Waals surface area contributed by atoms with Crippen molar-refractivity contribution in [3.8, 4) is 0 Å². The van der Waals surface area contributed by atoms with Gasteiger partial charge >= 0.3 is 0 Å². The zero-order valence-electron chi connectivity index (χ0n) is 9.44. The van der Waals surface area contributed by atoms with Crippen LogP contribution in [0.25, 0.3) is 0 Å². The predicted molar refractivity (Wildman–Crippen MR) is 62.9 cm³/mol. The van der Waals surface area contributed by atoms with Gasteiger partial charge in [-0.2, -0.15) is 0 Å². The SMILES string of the molecule is CC1CCC(NC(=O)c2cnccc2N)C1. The van der Waals surface area contributed by atoms with Gasteiger partial charge in [-0.15, -0.1) is 0 Å². The summed E-state index contributed by atoms with van der Waals surface area (Å²) in [6.45, 7) is 2.21. The first-order chi connectivity index (χ1) is 7.66. The van der Waals surface area contributed by atoms with Crippen LogP contribution in [-0.4, -0.2) is 16.9 Å². The molecule has 1 aromatic heterocycles. The highest BCUT2D eigenvalue weighted by Crippen LogP contribution is 2.25. The third kappa shape index (κ3) is 2.32. The maximum Gasteiger partial charge on any atom is 0.255 e. The zero-order chi connectivity index (χ0) is 11.5. The monoisotopic (exact) mass is 219 g/mol. The average Bonchev–Trinajstić information content (AvgIpc) is 2.64. The molecule has 2 atom stereocenters. The molecule has 0 saturated heterocycles. The molecule has 0 spiro atoms. The quantitative estimate of drug-likeness (QED) is 0.793. The zero-order valence-corrected chi connectivity index (χ0v) is 9.44. The van der Waals surface area contributed by atoms with Crippen LogP contribution in [0.4, 0.5) is 5.69 Å². The van der Waals surface area contributed by atoms with Gasteiger partial charge in [0.2, 0.25) is 0 Å². The standard InChI is InChI=1S/C12H17N3O/c1-8-2-3-9(6-8)15-12(16)10-7-14-5-4-11(10)13/h4-5,7-9H,2-3,6H2,1H3,(H2,13,14)(H,15,16). The number of amides is 1. The summed E-state index contributed by atoms with van der Waals surface area (Å²) < 4.78 is 0. The number of nitrogen functional groups attached to an aromatic ring is 1. The van der Waals surface area contributed by atoms with Crippen molar-refractivity contribution in [3.05, 3.63) is 24.0 Å². The van der Waals surface area contributed by atoms with E-state index in [1.54, 1.807) is 12.3 Å². The summed E-state index contributed by atoms with van der Waals surface area (Å²) in [6, 6.07) is 1.94. The number of pyridine rings is 1. The van der Waals surface area contributed by atoms with Crippen LogP contribution >= 0.6 is 0 Å². The maximum atomic E-state index is 11.9. The number of hydrogen-bond acceptors (Lipinski definition) is 3. The molecule has 1 aliphatic carbocycles. The van der Waals surface area contributed by atoms with Crippen LogP contribution in [-0.2, 0) is 0 Å². The van der Waals surface area contributed by atoms with E-state index >= 15 is 0 Å². The first-order valence-electron chi connectivity index (χ1n) is 5.67. The molecule has 2 unspecified atom stereocenters. The van der Waals surface area contributed by atoms with Crippen LogP contribution in [0.15, 0.2) is 18.5 Å². The molecule has 1 aromatic rings. The van der Waals surface area contributed by atoms with Crippen molar-refractivity contribution in [1.82, 2.24) is 10.3 Å². The van der Waals surface area contributed by atoms with E-state index in [2.05, 4.69) is 17.2 Å². The van der Waals surface area contributed by atoms with Gasteiger partial charge in [-0.25, -0.2) is 0 Å². The molecule has 1 amide bonds. The number of rotatable bonds is 2. The third-order valence-corrected chi connectivity index (χ3v) is 3.13. The average molecular weight is 219 g/mol. The smallest absolute Gasteiger partial charge is 0.255 e. The number of aromatic nitrogens is 1. The molecule has 3 N–H and O–H groups in total. The normalized spacial score (nSPS) is 24.3. The Kier molecular flexibility index (Phi) is 3.08. The molecular weight excluding hydrogens is 202 g/mol. The molecule has 4 heteroatoms. The highest BCUT2D eigenvalue weighted by Gasteiger charge is 2.23. The van der Waals surface area contributed by atoms with Crippen molar-refractivity contribution in [1.29, 1.82) is 0 Å². The van der Waals surface area contributed by atoms with Gasteiger partial charge in [0, 0.05) is 24.1 Å². The third-order valence-electron chi connectivity index (χ3n) is 3.13. The highest BCUT2D eigenvalue weighted by atomic mass is 16.1. The van der Waals surface area contributed by atoms with Gasteiger partial charge in [0.25, 0.3) is 5.91 Å². The van der Waals surface area contributed by atoms with E-state index in [-0.39, 0.29) is 5.91 Å². The number of carbonyl (C=O) groups excluding carboxylic acids is 1. The Morgan fingerprint density at radius 2 is 2.38 bits per heavy atom. The topological polar surface area (TPSA) is 68.0 Å². The Bertz CT molecular complexity index is 392. The lowest BCUT2D eigenvalue weighted by atomic mass is 10.1. The van der Waals surface area contributed by atoms with Crippen LogP contribution in [0, 0.1) is 5.92 Å². The lowest BCUT2D eigenvalue weighted by molar-refractivity contribution is 0.0938. The molecule has 1 heterocycles. The number of nitrogens with zero attached hydrogens (tertiary/aromatic N) is 1. The van der Waals surface area contributed by atoms with Crippen molar-refractivity contribution in [2.24, 2.45) is 5.92 Å². The van der Waals surface area contributed by atoms with Crippen LogP contribution in [0.3, 0.4) is 0 Å². The van der Waals surface area contributed by atoms with Crippen molar-refractivity contribution in [2.75, 3.05) is 5.73 Å². The largest absolute Gasteiger partial charge is 0.398 e. The van der Waals surface area contributed by atoms with E-state index < -0.39 is 0 Å². The van der Waals surface area contributed by atoms with E-state index in [0.29, 0.717) is 23.2 Å². The van der Waals surface area contributed by atoms with E-state index in [4.69, 9.17) is 5.73 Å². The van der Waals surface area contributed by atoms with Crippen molar-refractivity contribution in [3.63, 3.8) is 0 Å². The van der Waals surface area contributed by atoms with E-state index in [0.717, 1.165) is 12.8 Å². The second-order valence-electron chi connectivity index (χ2n) is 4.55. The summed E-state index contributed by atoms with van der Waals surface area (Å²) >= 11 is 0. The summed E-state index contributed by atoms with van der Waals surface area (Å²) in [7, 11) is 0. The van der Waals surface area contributed by atoms with Crippen LogP contribution in [0.1, 0.15) is 36.5 Å². The van der Waals surface area contributed by atoms with Gasteiger partial charge in [-0.3, -0.25) is 9.78 Å². The van der Waals surface area contributed by atoms with E-state index in [1.807, 2.05) is 0 Å². The minimum absolute atomic E-state index is 0.107. The molecule has 4 nitrogen and oxygen atoms in total. The molecule has 0 radical (unpaired) electrons. The molecule has 16 heavy (non-hydrogen) atoms. The maximum absolute atomic E-state index is 11.9. The number of nitrogens with one attached hydrogen (secondary N) is 1. The lowest BCUT2D eigenvalue weighted by Crippen LogP contribution is -2.33. The second-order valence-corrected chi connectivity index (χ2v) is 4.55. The van der Waals surface area contributed by atoms with Gasteiger partial charge in [0.1, 0.15) is 0 Å². The fourth-order valence-corrected chi connectivity index (χ4v) is 2.20. The number of carbonyl (C=O) groups is 1. The molecule has 0 aromatic carbocycles. The molecule has 0 bridgehead atoms. The number of hydrogen-bond donors (Lipinski definition) is 2. The molecule has 1 fully saturated rings. The van der Waals surface area contributed by atoms with Crippen molar-refractivity contribution in [2.45, 2.75) is 32.2 Å². The first-order valence-corrected chi connectivity index (χ1v) is 5.67. The Morgan fingerprint density at radius 1 is 1.56 bits per heavy atom. The van der Waals surface area contributed by atoms with Crippen LogP contribution in [0.5, 0.6) is 0 Å². The second kappa shape index (κ2) is 4.51. The van der Waals surface area contributed by atoms with Crippen LogP contribution < -0.4 is 11.1 Å². The molecule has 1 saturated carbocycles.